The van der Waals surface area contributed by atoms with E-state index >= 15 is 0 Å². The van der Waals surface area contributed by atoms with Crippen molar-refractivity contribution in [1.82, 2.24) is 4.90 Å². The van der Waals surface area contributed by atoms with Crippen LogP contribution in [-0.4, -0.2) is 51.0 Å². The van der Waals surface area contributed by atoms with Crippen molar-refractivity contribution >= 4 is 17.7 Å². The average molecular weight is 213 g/mol. The molecule has 0 spiro atoms. The summed E-state index contributed by atoms with van der Waals surface area (Å²) in [7, 11) is 0. The van der Waals surface area contributed by atoms with E-state index in [2.05, 4.69) is 0 Å². The first kappa shape index (κ1) is 10.1. The molecular weight excluding hydrogens is 202 g/mol. The van der Waals surface area contributed by atoms with Crippen LogP contribution in [0.15, 0.2) is 0 Å². The van der Waals surface area contributed by atoms with E-state index in [1.807, 2.05) is 0 Å². The standard InChI is InChI=1S/C9H11NO5/c1-3(11)6-4-2-5(12)7(9(14)15)10(4)8(6)13/h3-4,6-7,11H,2H2,1H3,(H,14,15)/t3-,4-,6-,7?/m1/s1. The fourth-order valence-electron chi connectivity index (χ4n) is 2.39. The summed E-state index contributed by atoms with van der Waals surface area (Å²) < 4.78 is 0. The number of carbonyl (C=O) groups is 3. The molecule has 1 amide bonds. The maximum absolute atomic E-state index is 11.5. The van der Waals surface area contributed by atoms with Crippen LogP contribution in [-0.2, 0) is 14.4 Å². The molecule has 0 bridgehead atoms. The molecule has 0 aromatic carbocycles. The third-order valence-electron chi connectivity index (χ3n) is 3.06. The molecule has 2 aliphatic heterocycles. The number of hydrogen-bond donors (Lipinski definition) is 2. The Bertz CT molecular complexity index is 350. The molecule has 1 unspecified atom stereocenters. The van der Waals surface area contributed by atoms with Gasteiger partial charge < -0.3 is 15.1 Å². The number of ketones is 1. The van der Waals surface area contributed by atoms with Gasteiger partial charge >= 0.3 is 5.97 Å². The quantitative estimate of drug-likeness (QED) is 0.435. The molecule has 0 aromatic heterocycles. The number of nitrogens with zero attached hydrogens (tertiary/aromatic N) is 1. The van der Waals surface area contributed by atoms with E-state index < -0.39 is 41.8 Å². The first-order chi connectivity index (χ1) is 6.95. The van der Waals surface area contributed by atoms with E-state index in [1.165, 1.54) is 6.92 Å². The Morgan fingerprint density at radius 2 is 2.13 bits per heavy atom. The molecule has 2 saturated heterocycles. The number of rotatable bonds is 2. The Balaban J connectivity index is 2.23. The SMILES string of the molecule is C[C@@H](O)[C@H]1C(=O)N2C(C(=O)O)C(=O)C[C@H]12. The van der Waals surface area contributed by atoms with E-state index in [9.17, 15) is 19.5 Å². The number of carboxylic acids is 1. The summed E-state index contributed by atoms with van der Waals surface area (Å²) in [5, 5.41) is 18.1. The van der Waals surface area contributed by atoms with Crippen molar-refractivity contribution in [3.8, 4) is 0 Å². The summed E-state index contributed by atoms with van der Waals surface area (Å²) in [6.07, 6.45) is -0.794. The van der Waals surface area contributed by atoms with Crippen LogP contribution in [0.5, 0.6) is 0 Å². The summed E-state index contributed by atoms with van der Waals surface area (Å²) in [4.78, 5) is 34.6. The lowest BCUT2D eigenvalue weighted by atomic mass is 9.84. The molecule has 0 aliphatic carbocycles. The summed E-state index contributed by atoms with van der Waals surface area (Å²) in [6.45, 7) is 1.47. The third kappa shape index (κ3) is 1.18. The third-order valence-corrected chi connectivity index (χ3v) is 3.06. The van der Waals surface area contributed by atoms with Gasteiger partial charge in [0.25, 0.3) is 0 Å². The van der Waals surface area contributed by atoms with Gasteiger partial charge in [-0.15, -0.1) is 0 Å². The molecule has 2 aliphatic rings. The van der Waals surface area contributed by atoms with E-state index in [4.69, 9.17) is 5.11 Å². The zero-order valence-corrected chi connectivity index (χ0v) is 8.08. The topological polar surface area (TPSA) is 94.9 Å². The maximum Gasteiger partial charge on any atom is 0.334 e. The summed E-state index contributed by atoms with van der Waals surface area (Å²) in [6, 6.07) is -1.76. The number of aliphatic hydroxyl groups excluding tert-OH is 1. The van der Waals surface area contributed by atoms with Crippen molar-refractivity contribution in [3.05, 3.63) is 0 Å². The van der Waals surface area contributed by atoms with Gasteiger partial charge in [-0.1, -0.05) is 0 Å². The zero-order valence-electron chi connectivity index (χ0n) is 8.08. The van der Waals surface area contributed by atoms with Crippen LogP contribution in [0.25, 0.3) is 0 Å². The Hall–Kier alpha value is -1.43. The Kier molecular flexibility index (Phi) is 2.04. The number of amides is 1. The number of Topliss-reactive ketones (excluding diaryl/α,β-unsaturated/α-hetero) is 1. The molecule has 6 nitrogen and oxygen atoms in total. The molecule has 82 valence electrons. The number of fused-ring (bicyclic) bond motifs is 1. The second kappa shape index (κ2) is 3.03. The lowest BCUT2D eigenvalue weighted by molar-refractivity contribution is -0.170. The van der Waals surface area contributed by atoms with Crippen LogP contribution in [0.3, 0.4) is 0 Å². The van der Waals surface area contributed by atoms with Crippen LogP contribution in [0.4, 0.5) is 0 Å². The van der Waals surface area contributed by atoms with Gasteiger partial charge in [-0.2, -0.15) is 0 Å². The van der Waals surface area contributed by atoms with Crippen LogP contribution in [0.2, 0.25) is 0 Å². The fourth-order valence-corrected chi connectivity index (χ4v) is 2.39. The number of aliphatic hydroxyl groups is 1. The largest absolute Gasteiger partial charge is 0.479 e. The Labute approximate surface area is 85.5 Å². The lowest BCUT2D eigenvalue weighted by Crippen LogP contribution is -2.64. The predicted octanol–water partition coefficient (Wildman–Crippen LogP) is -1.38. The van der Waals surface area contributed by atoms with Gasteiger partial charge in [-0.05, 0) is 6.92 Å². The first-order valence-electron chi connectivity index (χ1n) is 4.71. The number of carboxylic acid groups (broad SMARTS) is 1. The van der Waals surface area contributed by atoms with Gasteiger partial charge in [0.2, 0.25) is 5.91 Å². The lowest BCUT2D eigenvalue weighted by Gasteiger charge is -2.44. The number of carbonyl (C=O) groups excluding carboxylic acids is 2. The predicted molar refractivity (Wildman–Crippen MR) is 46.9 cm³/mol. The highest BCUT2D eigenvalue weighted by Gasteiger charge is 2.60. The molecule has 0 radical (unpaired) electrons. The molecule has 2 heterocycles. The van der Waals surface area contributed by atoms with Crippen molar-refractivity contribution in [2.45, 2.75) is 31.5 Å². The minimum Gasteiger partial charge on any atom is -0.479 e. The van der Waals surface area contributed by atoms with Crippen LogP contribution < -0.4 is 0 Å². The highest BCUT2D eigenvalue weighted by molar-refractivity contribution is 6.10. The van der Waals surface area contributed by atoms with Gasteiger partial charge in [0.1, 0.15) is 0 Å². The van der Waals surface area contributed by atoms with Gasteiger partial charge in [-0.25, -0.2) is 4.79 Å². The minimum atomic E-state index is -1.34. The Morgan fingerprint density at radius 1 is 1.53 bits per heavy atom. The van der Waals surface area contributed by atoms with Gasteiger partial charge in [-0.3, -0.25) is 9.59 Å². The fraction of sp³-hybridized carbons (Fsp3) is 0.667. The van der Waals surface area contributed by atoms with Crippen molar-refractivity contribution in [2.75, 3.05) is 0 Å². The first-order valence-corrected chi connectivity index (χ1v) is 4.71. The average Bonchev–Trinajstić information content (AvgIpc) is 2.38. The number of β-lactam (4-membered cyclic amide) rings is 1. The second-order valence-corrected chi connectivity index (χ2v) is 3.99. The highest BCUT2D eigenvalue weighted by atomic mass is 16.4. The molecule has 4 atom stereocenters. The smallest absolute Gasteiger partial charge is 0.334 e. The number of aliphatic carboxylic acids is 1. The molecule has 15 heavy (non-hydrogen) atoms. The molecule has 6 heteroatoms. The summed E-state index contributed by atoms with van der Waals surface area (Å²) in [5.41, 5.74) is 0. The second-order valence-electron chi connectivity index (χ2n) is 3.99. The maximum atomic E-state index is 11.5. The molecule has 0 saturated carbocycles. The summed E-state index contributed by atoms with van der Waals surface area (Å²) in [5.74, 6) is -2.80. The molecule has 2 N–H and O–H groups in total. The van der Waals surface area contributed by atoms with Gasteiger partial charge in [0, 0.05) is 6.42 Å². The molecular formula is C9H11NO5. The van der Waals surface area contributed by atoms with E-state index in [1.54, 1.807) is 0 Å². The molecule has 2 rings (SSSR count). The van der Waals surface area contributed by atoms with Gasteiger partial charge in [0.05, 0.1) is 18.1 Å². The van der Waals surface area contributed by atoms with Crippen LogP contribution >= 0.6 is 0 Å². The van der Waals surface area contributed by atoms with E-state index in [0.29, 0.717) is 0 Å². The normalized spacial score (nSPS) is 36.1. The van der Waals surface area contributed by atoms with E-state index in [0.717, 1.165) is 4.90 Å². The van der Waals surface area contributed by atoms with Crippen LogP contribution in [0.1, 0.15) is 13.3 Å². The zero-order chi connectivity index (χ0) is 11.3. The van der Waals surface area contributed by atoms with Gasteiger partial charge in [0.15, 0.2) is 11.8 Å². The number of hydrogen-bond acceptors (Lipinski definition) is 4. The Morgan fingerprint density at radius 3 is 2.60 bits per heavy atom. The monoisotopic (exact) mass is 213 g/mol. The van der Waals surface area contributed by atoms with Crippen molar-refractivity contribution in [3.63, 3.8) is 0 Å². The minimum absolute atomic E-state index is 0.0400. The van der Waals surface area contributed by atoms with Crippen LogP contribution in [0, 0.1) is 5.92 Å². The van der Waals surface area contributed by atoms with E-state index in [-0.39, 0.29) is 6.42 Å². The van der Waals surface area contributed by atoms with Crippen molar-refractivity contribution < 1.29 is 24.6 Å². The molecule has 0 aromatic rings. The summed E-state index contributed by atoms with van der Waals surface area (Å²) >= 11 is 0. The highest BCUT2D eigenvalue weighted by Crippen LogP contribution is 2.39. The van der Waals surface area contributed by atoms with Crippen molar-refractivity contribution in [2.24, 2.45) is 5.92 Å². The van der Waals surface area contributed by atoms with Crippen molar-refractivity contribution in [1.29, 1.82) is 0 Å². The molecule has 2 fully saturated rings.